The predicted octanol–water partition coefficient (Wildman–Crippen LogP) is 3.44. The van der Waals surface area contributed by atoms with Crippen molar-refractivity contribution in [3.63, 3.8) is 0 Å². The van der Waals surface area contributed by atoms with E-state index in [-0.39, 0.29) is 37.5 Å². The highest BCUT2D eigenvalue weighted by Gasteiger charge is 2.35. The minimum absolute atomic E-state index is 0.0280. The summed E-state index contributed by atoms with van der Waals surface area (Å²) < 4.78 is 15.9. The van der Waals surface area contributed by atoms with Gasteiger partial charge in [-0.2, -0.15) is 5.26 Å². The van der Waals surface area contributed by atoms with E-state index in [2.05, 4.69) is 0 Å². The fourth-order valence-electron chi connectivity index (χ4n) is 3.40. The van der Waals surface area contributed by atoms with Crippen LogP contribution in [0.15, 0.2) is 71.3 Å². The molecule has 0 unspecified atom stereocenters. The van der Waals surface area contributed by atoms with Gasteiger partial charge in [-0.25, -0.2) is 0 Å². The molecule has 2 amide bonds. The van der Waals surface area contributed by atoms with Crippen molar-refractivity contribution >= 4 is 23.9 Å². The van der Waals surface area contributed by atoms with Gasteiger partial charge in [0.25, 0.3) is 11.8 Å². The summed E-state index contributed by atoms with van der Waals surface area (Å²) in [6, 6.07) is 18.9. The normalized spacial score (nSPS) is 14.8. The minimum atomic E-state index is -0.652. The Morgan fingerprint density at radius 2 is 1.71 bits per heavy atom. The van der Waals surface area contributed by atoms with Crippen molar-refractivity contribution in [3.8, 4) is 11.8 Å². The number of nitrogens with zero attached hydrogens (tertiary/aromatic N) is 2. The van der Waals surface area contributed by atoms with E-state index in [1.807, 2.05) is 36.4 Å². The molecule has 0 saturated carbocycles. The maximum absolute atomic E-state index is 13.1. The molecule has 2 aromatic carbocycles. The van der Waals surface area contributed by atoms with E-state index in [0.717, 1.165) is 16.0 Å². The summed E-state index contributed by atoms with van der Waals surface area (Å²) in [5, 5.41) is 9.51. The Morgan fingerprint density at radius 3 is 2.37 bits per heavy atom. The maximum Gasteiger partial charge on any atom is 0.302 e. The zero-order chi connectivity index (χ0) is 25.2. The van der Waals surface area contributed by atoms with Crippen LogP contribution in [0.4, 0.5) is 0 Å². The monoisotopic (exact) mass is 474 g/mol. The first-order chi connectivity index (χ1) is 16.9. The van der Waals surface area contributed by atoms with E-state index in [1.54, 1.807) is 37.3 Å². The standard InChI is InChI=1S/C27H26N2O6/c1-19-24(16-21-8-10-23(11-9-21)35-18-22-6-4-3-5-7-22)26(31)29(27(32)25(19)17-28)12-13-33-14-15-34-20(2)30/h3-11,16H,12-15,18H2,1-2H3/b24-16+. The third-order valence-corrected chi connectivity index (χ3v) is 5.26. The number of nitriles is 1. The van der Waals surface area contributed by atoms with Gasteiger partial charge in [0.15, 0.2) is 0 Å². The first-order valence-corrected chi connectivity index (χ1v) is 11.1. The van der Waals surface area contributed by atoms with Crippen molar-refractivity contribution in [2.45, 2.75) is 20.5 Å². The highest BCUT2D eigenvalue weighted by atomic mass is 16.6. The second-order valence-corrected chi connectivity index (χ2v) is 7.73. The average molecular weight is 475 g/mol. The molecule has 0 radical (unpaired) electrons. The number of hydrogen-bond donors (Lipinski definition) is 0. The third kappa shape index (κ3) is 6.88. The third-order valence-electron chi connectivity index (χ3n) is 5.26. The van der Waals surface area contributed by atoms with E-state index in [9.17, 15) is 19.6 Å². The summed E-state index contributed by atoms with van der Waals surface area (Å²) in [4.78, 5) is 37.5. The van der Waals surface area contributed by atoms with Crippen LogP contribution in [0.25, 0.3) is 6.08 Å². The number of esters is 1. The second-order valence-electron chi connectivity index (χ2n) is 7.73. The molecule has 1 aliphatic heterocycles. The van der Waals surface area contributed by atoms with Gasteiger partial charge in [0.2, 0.25) is 0 Å². The molecule has 0 saturated heterocycles. The van der Waals surface area contributed by atoms with Crippen molar-refractivity contribution in [2.24, 2.45) is 0 Å². The van der Waals surface area contributed by atoms with Crippen LogP contribution in [0.5, 0.6) is 5.75 Å². The van der Waals surface area contributed by atoms with Crippen LogP contribution in [0.1, 0.15) is 25.0 Å². The number of amides is 2. The molecule has 0 bridgehead atoms. The van der Waals surface area contributed by atoms with Gasteiger partial charge in [-0.1, -0.05) is 42.5 Å². The van der Waals surface area contributed by atoms with Crippen LogP contribution < -0.4 is 4.74 Å². The number of ether oxygens (including phenoxy) is 3. The number of carbonyl (C=O) groups excluding carboxylic acids is 3. The Kier molecular flexibility index (Phi) is 8.93. The molecule has 0 fully saturated rings. The first kappa shape index (κ1) is 25.4. The molecule has 1 heterocycles. The molecule has 2 aromatic rings. The average Bonchev–Trinajstić information content (AvgIpc) is 2.86. The molecule has 8 nitrogen and oxygen atoms in total. The van der Waals surface area contributed by atoms with E-state index in [1.165, 1.54) is 6.92 Å². The molecule has 1 aliphatic rings. The summed E-state index contributed by atoms with van der Waals surface area (Å²) in [7, 11) is 0. The Labute approximate surface area is 204 Å². The van der Waals surface area contributed by atoms with Gasteiger partial charge in [0.1, 0.15) is 30.6 Å². The Balaban J connectivity index is 1.69. The summed E-state index contributed by atoms with van der Waals surface area (Å²) in [6.07, 6.45) is 1.65. The lowest BCUT2D eigenvalue weighted by Crippen LogP contribution is -2.44. The summed E-state index contributed by atoms with van der Waals surface area (Å²) in [6.45, 7) is 3.56. The highest BCUT2D eigenvalue weighted by molar-refractivity contribution is 6.19. The quantitative estimate of drug-likeness (QED) is 0.225. The van der Waals surface area contributed by atoms with Crippen LogP contribution in [0.3, 0.4) is 0 Å². The zero-order valence-electron chi connectivity index (χ0n) is 19.7. The number of imide groups is 1. The summed E-state index contributed by atoms with van der Waals surface area (Å²) in [5.74, 6) is -0.890. The van der Waals surface area contributed by atoms with Gasteiger partial charge in [-0.15, -0.1) is 0 Å². The molecule has 0 atom stereocenters. The van der Waals surface area contributed by atoms with Gasteiger partial charge in [0.05, 0.1) is 19.8 Å². The molecular weight excluding hydrogens is 448 g/mol. The fourth-order valence-corrected chi connectivity index (χ4v) is 3.40. The lowest BCUT2D eigenvalue weighted by Gasteiger charge is -2.27. The molecule has 3 rings (SSSR count). The van der Waals surface area contributed by atoms with Crippen molar-refractivity contribution in [1.29, 1.82) is 5.26 Å². The molecule has 0 aliphatic carbocycles. The fraction of sp³-hybridized carbons (Fsp3) is 0.259. The lowest BCUT2D eigenvalue weighted by atomic mass is 9.93. The van der Waals surface area contributed by atoms with E-state index < -0.39 is 17.8 Å². The van der Waals surface area contributed by atoms with E-state index in [0.29, 0.717) is 17.9 Å². The van der Waals surface area contributed by atoms with Gasteiger partial charge in [-0.3, -0.25) is 19.3 Å². The summed E-state index contributed by atoms with van der Waals surface area (Å²) >= 11 is 0. The van der Waals surface area contributed by atoms with Gasteiger partial charge in [0, 0.05) is 12.5 Å². The van der Waals surface area contributed by atoms with Crippen molar-refractivity contribution in [3.05, 3.63) is 82.4 Å². The zero-order valence-corrected chi connectivity index (χ0v) is 19.7. The number of carbonyl (C=O) groups is 3. The molecule has 180 valence electrons. The van der Waals surface area contributed by atoms with E-state index in [4.69, 9.17) is 14.2 Å². The maximum atomic E-state index is 13.1. The van der Waals surface area contributed by atoms with Crippen molar-refractivity contribution in [2.75, 3.05) is 26.4 Å². The topological polar surface area (TPSA) is 106 Å². The van der Waals surface area contributed by atoms with Gasteiger partial charge >= 0.3 is 5.97 Å². The molecule has 0 spiro atoms. The molecule has 0 aromatic heterocycles. The first-order valence-electron chi connectivity index (χ1n) is 11.1. The molecule has 8 heteroatoms. The summed E-state index contributed by atoms with van der Waals surface area (Å²) in [5.41, 5.74) is 2.29. The van der Waals surface area contributed by atoms with Crippen LogP contribution in [-0.2, 0) is 30.5 Å². The molecule has 0 N–H and O–H groups in total. The minimum Gasteiger partial charge on any atom is -0.489 e. The van der Waals surface area contributed by atoms with E-state index >= 15 is 0 Å². The van der Waals surface area contributed by atoms with Crippen LogP contribution >= 0.6 is 0 Å². The van der Waals surface area contributed by atoms with Crippen molar-refractivity contribution < 1.29 is 28.6 Å². The van der Waals surface area contributed by atoms with Gasteiger partial charge in [-0.05, 0) is 41.8 Å². The SMILES string of the molecule is CC(=O)OCCOCCN1C(=O)C(C#N)=C(C)/C(=C\c2ccc(OCc3ccccc3)cc2)C1=O. The predicted molar refractivity (Wildman–Crippen MR) is 128 cm³/mol. The van der Waals surface area contributed by atoms with Crippen LogP contribution in [-0.4, -0.2) is 49.0 Å². The Hall–Kier alpha value is -4.22. The second kappa shape index (κ2) is 12.3. The molecular formula is C27H26N2O6. The molecule has 35 heavy (non-hydrogen) atoms. The smallest absolute Gasteiger partial charge is 0.302 e. The van der Waals surface area contributed by atoms with Crippen LogP contribution in [0.2, 0.25) is 0 Å². The van der Waals surface area contributed by atoms with Gasteiger partial charge < -0.3 is 14.2 Å². The highest BCUT2D eigenvalue weighted by Crippen LogP contribution is 2.27. The number of hydrogen-bond acceptors (Lipinski definition) is 7. The number of benzene rings is 2. The van der Waals surface area contributed by atoms with Crippen LogP contribution in [0, 0.1) is 11.3 Å². The number of rotatable bonds is 10. The lowest BCUT2D eigenvalue weighted by molar-refractivity contribution is -0.142. The Morgan fingerprint density at radius 1 is 1.00 bits per heavy atom. The largest absolute Gasteiger partial charge is 0.489 e. The Bertz CT molecular complexity index is 1180. The van der Waals surface area contributed by atoms with Crippen molar-refractivity contribution in [1.82, 2.24) is 4.90 Å².